The number of carbonyl (C=O) groups excluding carboxylic acids is 1. The number of nitrogens with zero attached hydrogens (tertiary/aromatic N) is 2. The maximum Gasteiger partial charge on any atom is 0.270 e. The van der Waals surface area contributed by atoms with Crippen LogP contribution >= 0.6 is 0 Å². The zero-order valence-corrected chi connectivity index (χ0v) is 16.7. The van der Waals surface area contributed by atoms with Gasteiger partial charge >= 0.3 is 0 Å². The van der Waals surface area contributed by atoms with Gasteiger partial charge in [0.1, 0.15) is 11.5 Å². The van der Waals surface area contributed by atoms with Crippen molar-refractivity contribution in [3.05, 3.63) is 52.6 Å². The summed E-state index contributed by atoms with van der Waals surface area (Å²) in [5.41, 5.74) is 1.22. The standard InChI is InChI=1S/C21H24N2O6/c1-14-11-22(12-15(2)29-14)21(24)13-28-20-9-6-17(23(25)26)10-19(20)16-4-7-18(27-3)8-5-16/h4-10,14-15H,11-13H2,1-3H3/t14-,15+. The molecule has 1 saturated heterocycles. The number of benzene rings is 2. The van der Waals surface area contributed by atoms with Gasteiger partial charge in [0.2, 0.25) is 0 Å². The number of non-ortho nitro benzene ring substituents is 1. The van der Waals surface area contributed by atoms with E-state index in [1.54, 1.807) is 36.3 Å². The third-order valence-electron chi connectivity index (χ3n) is 4.70. The summed E-state index contributed by atoms with van der Waals surface area (Å²) in [6.45, 7) is 4.72. The Morgan fingerprint density at radius 2 is 1.83 bits per heavy atom. The molecule has 0 aromatic heterocycles. The lowest BCUT2D eigenvalue weighted by Gasteiger charge is -2.35. The molecule has 0 spiro atoms. The number of morpholine rings is 1. The number of nitro groups is 1. The third kappa shape index (κ3) is 5.03. The molecule has 29 heavy (non-hydrogen) atoms. The average Bonchev–Trinajstić information content (AvgIpc) is 2.71. The van der Waals surface area contributed by atoms with Crippen molar-refractivity contribution < 1.29 is 23.9 Å². The normalized spacial score (nSPS) is 18.9. The molecule has 1 heterocycles. The second kappa shape index (κ2) is 8.91. The Bertz CT molecular complexity index is 873. The van der Waals surface area contributed by atoms with Gasteiger partial charge in [-0.1, -0.05) is 12.1 Å². The summed E-state index contributed by atoms with van der Waals surface area (Å²) in [4.78, 5) is 25.1. The number of carbonyl (C=O) groups is 1. The monoisotopic (exact) mass is 400 g/mol. The van der Waals surface area contributed by atoms with Crippen LogP contribution in [0.2, 0.25) is 0 Å². The maximum atomic E-state index is 12.6. The third-order valence-corrected chi connectivity index (χ3v) is 4.70. The van der Waals surface area contributed by atoms with Crippen molar-refractivity contribution in [3.8, 4) is 22.6 Å². The molecule has 0 aliphatic carbocycles. The highest BCUT2D eigenvalue weighted by Gasteiger charge is 2.26. The summed E-state index contributed by atoms with van der Waals surface area (Å²) in [6.07, 6.45) is -0.0612. The van der Waals surface area contributed by atoms with E-state index in [1.807, 2.05) is 13.8 Å². The molecule has 8 heteroatoms. The van der Waals surface area contributed by atoms with Crippen LogP contribution in [0.4, 0.5) is 5.69 Å². The van der Waals surface area contributed by atoms with E-state index in [4.69, 9.17) is 14.2 Å². The van der Waals surface area contributed by atoms with E-state index in [2.05, 4.69) is 0 Å². The summed E-state index contributed by atoms with van der Waals surface area (Å²) in [7, 11) is 1.57. The number of hydrogen-bond acceptors (Lipinski definition) is 6. The molecule has 2 aromatic rings. The van der Waals surface area contributed by atoms with Gasteiger partial charge in [-0.3, -0.25) is 14.9 Å². The summed E-state index contributed by atoms with van der Waals surface area (Å²) < 4.78 is 16.6. The van der Waals surface area contributed by atoms with Crippen LogP contribution in [0.15, 0.2) is 42.5 Å². The molecular weight excluding hydrogens is 376 g/mol. The molecule has 1 aliphatic heterocycles. The minimum Gasteiger partial charge on any atom is -0.497 e. The molecule has 1 aliphatic rings. The lowest BCUT2D eigenvalue weighted by atomic mass is 10.0. The van der Waals surface area contributed by atoms with Gasteiger partial charge in [-0.25, -0.2) is 0 Å². The van der Waals surface area contributed by atoms with Gasteiger partial charge in [0.15, 0.2) is 6.61 Å². The van der Waals surface area contributed by atoms with Gasteiger partial charge < -0.3 is 19.1 Å². The van der Waals surface area contributed by atoms with E-state index in [-0.39, 0.29) is 30.4 Å². The van der Waals surface area contributed by atoms with Crippen molar-refractivity contribution in [3.63, 3.8) is 0 Å². The van der Waals surface area contributed by atoms with Crippen LogP contribution in [0.25, 0.3) is 11.1 Å². The van der Waals surface area contributed by atoms with Crippen molar-refractivity contribution in [2.45, 2.75) is 26.1 Å². The van der Waals surface area contributed by atoms with Crippen LogP contribution in [-0.2, 0) is 9.53 Å². The van der Waals surface area contributed by atoms with E-state index in [0.717, 1.165) is 5.56 Å². The van der Waals surface area contributed by atoms with Gasteiger partial charge in [-0.15, -0.1) is 0 Å². The second-order valence-electron chi connectivity index (χ2n) is 7.01. The number of ether oxygens (including phenoxy) is 3. The van der Waals surface area contributed by atoms with Crippen molar-refractivity contribution in [1.82, 2.24) is 4.90 Å². The van der Waals surface area contributed by atoms with Gasteiger partial charge in [-0.2, -0.15) is 0 Å². The van der Waals surface area contributed by atoms with Crippen LogP contribution in [0.3, 0.4) is 0 Å². The highest BCUT2D eigenvalue weighted by molar-refractivity contribution is 5.79. The van der Waals surface area contributed by atoms with Crippen LogP contribution in [0.5, 0.6) is 11.5 Å². The van der Waals surface area contributed by atoms with Gasteiger partial charge in [-0.05, 0) is 37.6 Å². The number of amides is 1. The van der Waals surface area contributed by atoms with Crippen molar-refractivity contribution in [1.29, 1.82) is 0 Å². The fourth-order valence-corrected chi connectivity index (χ4v) is 3.37. The topological polar surface area (TPSA) is 91.1 Å². The first-order valence-electron chi connectivity index (χ1n) is 9.36. The molecule has 0 N–H and O–H groups in total. The van der Waals surface area contributed by atoms with E-state index in [9.17, 15) is 14.9 Å². The molecule has 0 bridgehead atoms. The molecule has 1 fully saturated rings. The summed E-state index contributed by atoms with van der Waals surface area (Å²) >= 11 is 0. The Morgan fingerprint density at radius 1 is 1.17 bits per heavy atom. The van der Waals surface area contributed by atoms with Gasteiger partial charge in [0, 0.05) is 30.8 Å². The highest BCUT2D eigenvalue weighted by Crippen LogP contribution is 2.34. The van der Waals surface area contributed by atoms with E-state index in [1.165, 1.54) is 18.2 Å². The molecule has 3 rings (SSSR count). The molecule has 2 atom stereocenters. The SMILES string of the molecule is COc1ccc(-c2cc([N+](=O)[O-])ccc2OCC(=O)N2C[C@@H](C)O[C@@H](C)C2)cc1. The highest BCUT2D eigenvalue weighted by atomic mass is 16.6. The zero-order chi connectivity index (χ0) is 21.0. The first-order chi connectivity index (χ1) is 13.9. The molecule has 154 valence electrons. The molecule has 0 radical (unpaired) electrons. The minimum atomic E-state index is -0.460. The fraction of sp³-hybridized carbons (Fsp3) is 0.381. The number of hydrogen-bond donors (Lipinski definition) is 0. The largest absolute Gasteiger partial charge is 0.497 e. The van der Waals surface area contributed by atoms with Crippen molar-refractivity contribution in [2.24, 2.45) is 0 Å². The fourth-order valence-electron chi connectivity index (χ4n) is 3.37. The van der Waals surface area contributed by atoms with Crippen molar-refractivity contribution in [2.75, 3.05) is 26.8 Å². The second-order valence-corrected chi connectivity index (χ2v) is 7.01. The van der Waals surface area contributed by atoms with Crippen LogP contribution < -0.4 is 9.47 Å². The summed E-state index contributed by atoms with van der Waals surface area (Å²) in [6, 6.07) is 11.4. The number of rotatable bonds is 6. The zero-order valence-electron chi connectivity index (χ0n) is 16.7. The lowest BCUT2D eigenvalue weighted by Crippen LogP contribution is -2.49. The van der Waals surface area contributed by atoms with Crippen molar-refractivity contribution >= 4 is 11.6 Å². The molecule has 0 saturated carbocycles. The summed E-state index contributed by atoms with van der Waals surface area (Å²) in [5.74, 6) is 0.932. The minimum absolute atomic E-state index is 0.0306. The Morgan fingerprint density at radius 3 is 2.41 bits per heavy atom. The van der Waals surface area contributed by atoms with E-state index in [0.29, 0.717) is 30.2 Å². The first-order valence-corrected chi connectivity index (χ1v) is 9.36. The Labute approximate surface area is 169 Å². The Hall–Kier alpha value is -3.13. The Balaban J connectivity index is 1.80. The summed E-state index contributed by atoms with van der Waals surface area (Å²) in [5, 5.41) is 11.2. The van der Waals surface area contributed by atoms with Gasteiger partial charge in [0.05, 0.1) is 24.2 Å². The van der Waals surface area contributed by atoms with Gasteiger partial charge in [0.25, 0.3) is 11.6 Å². The Kier molecular flexibility index (Phi) is 6.33. The molecule has 1 amide bonds. The van der Waals surface area contributed by atoms with E-state index >= 15 is 0 Å². The molecule has 0 unspecified atom stereocenters. The lowest BCUT2D eigenvalue weighted by molar-refractivity contribution is -0.384. The predicted molar refractivity (Wildman–Crippen MR) is 107 cm³/mol. The predicted octanol–water partition coefficient (Wildman–Crippen LogP) is 3.29. The number of nitro benzene ring substituents is 1. The smallest absolute Gasteiger partial charge is 0.270 e. The quantitative estimate of drug-likeness (QED) is 0.546. The van der Waals surface area contributed by atoms with Crippen LogP contribution in [0, 0.1) is 10.1 Å². The molecule has 2 aromatic carbocycles. The number of methoxy groups -OCH3 is 1. The maximum absolute atomic E-state index is 12.6. The molecular formula is C21H24N2O6. The van der Waals surface area contributed by atoms with E-state index < -0.39 is 4.92 Å². The average molecular weight is 400 g/mol. The molecule has 8 nitrogen and oxygen atoms in total. The van der Waals surface area contributed by atoms with Crippen LogP contribution in [0.1, 0.15) is 13.8 Å². The van der Waals surface area contributed by atoms with Crippen LogP contribution in [-0.4, -0.2) is 54.7 Å². The first kappa shape index (κ1) is 20.6.